The van der Waals surface area contributed by atoms with Gasteiger partial charge in [-0.1, -0.05) is 48.9 Å². The SMILES string of the molecule is CCc1cccc2c(C(CC(=O)NC3CC3)c3ccc(C)cc3C)c[nH]c12. The van der Waals surface area contributed by atoms with Crippen molar-refractivity contribution in [1.29, 1.82) is 0 Å². The van der Waals surface area contributed by atoms with Gasteiger partial charge in [-0.3, -0.25) is 4.79 Å². The molecule has 1 aliphatic carbocycles. The van der Waals surface area contributed by atoms with E-state index in [1.807, 2.05) is 0 Å². The van der Waals surface area contributed by atoms with E-state index in [-0.39, 0.29) is 11.8 Å². The third-order valence-corrected chi connectivity index (χ3v) is 5.72. The number of amides is 1. The Balaban J connectivity index is 1.78. The van der Waals surface area contributed by atoms with Crippen LogP contribution in [0.1, 0.15) is 59.9 Å². The summed E-state index contributed by atoms with van der Waals surface area (Å²) in [6, 6.07) is 13.4. The zero-order valence-electron chi connectivity index (χ0n) is 16.4. The fraction of sp³-hybridized carbons (Fsp3) is 0.375. The monoisotopic (exact) mass is 360 g/mol. The third-order valence-electron chi connectivity index (χ3n) is 5.72. The Bertz CT molecular complexity index is 981. The Hall–Kier alpha value is -2.55. The second-order valence-corrected chi connectivity index (χ2v) is 7.90. The van der Waals surface area contributed by atoms with Crippen LogP contribution in [0.2, 0.25) is 0 Å². The molecule has 140 valence electrons. The molecule has 4 rings (SSSR count). The minimum atomic E-state index is 0.0604. The van der Waals surface area contributed by atoms with E-state index >= 15 is 0 Å². The van der Waals surface area contributed by atoms with E-state index in [1.54, 1.807) is 0 Å². The van der Waals surface area contributed by atoms with Crippen LogP contribution in [-0.2, 0) is 11.2 Å². The second kappa shape index (κ2) is 7.22. The molecule has 1 aliphatic rings. The standard InChI is InChI=1S/C24H28N2O/c1-4-17-6-5-7-20-22(14-25-24(17)20)21(13-23(27)26-18-9-10-18)19-11-8-15(2)12-16(19)3/h5-8,11-12,14,18,21,25H,4,9-10,13H2,1-3H3,(H,26,27). The van der Waals surface area contributed by atoms with Crippen LogP contribution in [0.15, 0.2) is 42.6 Å². The molecule has 1 saturated carbocycles. The summed E-state index contributed by atoms with van der Waals surface area (Å²) in [5.74, 6) is 0.216. The first kappa shape index (κ1) is 17.8. The zero-order valence-corrected chi connectivity index (χ0v) is 16.4. The Morgan fingerprint density at radius 2 is 2.00 bits per heavy atom. The lowest BCUT2D eigenvalue weighted by molar-refractivity contribution is -0.121. The van der Waals surface area contributed by atoms with Crippen molar-refractivity contribution in [1.82, 2.24) is 10.3 Å². The van der Waals surface area contributed by atoms with Crippen LogP contribution in [0.25, 0.3) is 10.9 Å². The molecule has 3 aromatic rings. The molecule has 1 atom stereocenters. The first-order chi connectivity index (χ1) is 13.1. The average Bonchev–Trinajstić information content (AvgIpc) is 3.35. The Morgan fingerprint density at radius 3 is 2.70 bits per heavy atom. The molecule has 1 fully saturated rings. The van der Waals surface area contributed by atoms with E-state index in [1.165, 1.54) is 38.7 Å². The average molecular weight is 361 g/mol. The summed E-state index contributed by atoms with van der Waals surface area (Å²) in [6.45, 7) is 6.45. The van der Waals surface area contributed by atoms with E-state index in [0.29, 0.717) is 12.5 Å². The van der Waals surface area contributed by atoms with Gasteiger partial charge in [0.15, 0.2) is 0 Å². The van der Waals surface area contributed by atoms with Gasteiger partial charge >= 0.3 is 0 Å². The molecule has 0 spiro atoms. The molecule has 3 heteroatoms. The maximum Gasteiger partial charge on any atom is 0.221 e. The molecule has 27 heavy (non-hydrogen) atoms. The number of hydrogen-bond donors (Lipinski definition) is 2. The number of carbonyl (C=O) groups excluding carboxylic acids is 1. The fourth-order valence-corrected chi connectivity index (χ4v) is 4.13. The number of benzene rings is 2. The van der Waals surface area contributed by atoms with E-state index in [9.17, 15) is 4.79 Å². The molecule has 0 bridgehead atoms. The maximum absolute atomic E-state index is 12.7. The van der Waals surface area contributed by atoms with Gasteiger partial charge in [-0.05, 0) is 55.4 Å². The Kier molecular flexibility index (Phi) is 4.77. The van der Waals surface area contributed by atoms with Crippen molar-refractivity contribution in [3.05, 3.63) is 70.4 Å². The van der Waals surface area contributed by atoms with Crippen molar-refractivity contribution < 1.29 is 4.79 Å². The van der Waals surface area contributed by atoms with Crippen molar-refractivity contribution >= 4 is 16.8 Å². The maximum atomic E-state index is 12.7. The van der Waals surface area contributed by atoms with Crippen LogP contribution in [0.3, 0.4) is 0 Å². The summed E-state index contributed by atoms with van der Waals surface area (Å²) in [7, 11) is 0. The minimum Gasteiger partial charge on any atom is -0.361 e. The molecule has 1 unspecified atom stereocenters. The molecule has 1 aromatic heterocycles. The van der Waals surface area contributed by atoms with Crippen LogP contribution in [0.5, 0.6) is 0 Å². The summed E-state index contributed by atoms with van der Waals surface area (Å²) < 4.78 is 0. The number of fused-ring (bicyclic) bond motifs is 1. The summed E-state index contributed by atoms with van der Waals surface area (Å²) >= 11 is 0. The fourth-order valence-electron chi connectivity index (χ4n) is 4.13. The highest BCUT2D eigenvalue weighted by atomic mass is 16.1. The van der Waals surface area contributed by atoms with E-state index in [2.05, 4.69) is 73.7 Å². The molecule has 1 amide bonds. The van der Waals surface area contributed by atoms with Gasteiger partial charge in [0.05, 0.1) is 0 Å². The third kappa shape index (κ3) is 3.64. The molecule has 0 radical (unpaired) electrons. The van der Waals surface area contributed by atoms with E-state index in [4.69, 9.17) is 0 Å². The highest BCUT2D eigenvalue weighted by Gasteiger charge is 2.27. The number of hydrogen-bond acceptors (Lipinski definition) is 1. The molecule has 0 aliphatic heterocycles. The number of para-hydroxylation sites is 1. The van der Waals surface area contributed by atoms with Crippen LogP contribution >= 0.6 is 0 Å². The van der Waals surface area contributed by atoms with E-state index < -0.39 is 0 Å². The van der Waals surface area contributed by atoms with Crippen LogP contribution in [0.4, 0.5) is 0 Å². The van der Waals surface area contributed by atoms with Gasteiger partial charge in [0.2, 0.25) is 5.91 Å². The largest absolute Gasteiger partial charge is 0.361 e. The number of H-pyrrole nitrogens is 1. The van der Waals surface area contributed by atoms with Gasteiger partial charge in [0.1, 0.15) is 0 Å². The highest BCUT2D eigenvalue weighted by molar-refractivity contribution is 5.88. The first-order valence-corrected chi connectivity index (χ1v) is 10.0. The Morgan fingerprint density at radius 1 is 1.19 bits per heavy atom. The number of rotatable bonds is 6. The van der Waals surface area contributed by atoms with Gasteiger partial charge in [-0.15, -0.1) is 0 Å². The molecule has 0 saturated heterocycles. The van der Waals surface area contributed by atoms with Crippen molar-refractivity contribution in [2.75, 3.05) is 0 Å². The van der Waals surface area contributed by atoms with Crippen molar-refractivity contribution in [2.24, 2.45) is 0 Å². The zero-order chi connectivity index (χ0) is 19.0. The smallest absolute Gasteiger partial charge is 0.221 e. The van der Waals surface area contributed by atoms with Crippen molar-refractivity contribution in [2.45, 2.75) is 58.4 Å². The molecule has 2 N–H and O–H groups in total. The Labute approximate surface area is 161 Å². The van der Waals surface area contributed by atoms with Crippen molar-refractivity contribution in [3.63, 3.8) is 0 Å². The highest BCUT2D eigenvalue weighted by Crippen LogP contribution is 2.36. The first-order valence-electron chi connectivity index (χ1n) is 10.0. The number of aromatic nitrogens is 1. The molecule has 2 aromatic carbocycles. The number of aromatic amines is 1. The summed E-state index contributed by atoms with van der Waals surface area (Å²) in [4.78, 5) is 16.2. The van der Waals surface area contributed by atoms with Gasteiger partial charge in [0, 0.05) is 35.5 Å². The minimum absolute atomic E-state index is 0.0604. The number of aryl methyl sites for hydroxylation is 3. The lowest BCUT2D eigenvalue weighted by Crippen LogP contribution is -2.27. The molecule has 3 nitrogen and oxygen atoms in total. The predicted molar refractivity (Wildman–Crippen MR) is 111 cm³/mol. The van der Waals surface area contributed by atoms with Gasteiger partial charge in [-0.2, -0.15) is 0 Å². The predicted octanol–water partition coefficient (Wildman–Crippen LogP) is 5.15. The quantitative estimate of drug-likeness (QED) is 0.627. The van der Waals surface area contributed by atoms with E-state index in [0.717, 1.165) is 19.3 Å². The van der Waals surface area contributed by atoms with Gasteiger partial charge in [0.25, 0.3) is 0 Å². The summed E-state index contributed by atoms with van der Waals surface area (Å²) in [5.41, 5.74) is 7.49. The molecule has 1 heterocycles. The normalized spacial score (nSPS) is 15.1. The number of carbonyl (C=O) groups is 1. The van der Waals surface area contributed by atoms with Crippen LogP contribution in [0, 0.1) is 13.8 Å². The lowest BCUT2D eigenvalue weighted by atomic mass is 9.85. The number of nitrogens with one attached hydrogen (secondary N) is 2. The van der Waals surface area contributed by atoms with Crippen molar-refractivity contribution in [3.8, 4) is 0 Å². The lowest BCUT2D eigenvalue weighted by Gasteiger charge is -2.20. The molecular weight excluding hydrogens is 332 g/mol. The molecular formula is C24H28N2O. The second-order valence-electron chi connectivity index (χ2n) is 7.90. The van der Waals surface area contributed by atoms with Crippen LogP contribution in [-0.4, -0.2) is 16.9 Å². The van der Waals surface area contributed by atoms with Gasteiger partial charge < -0.3 is 10.3 Å². The van der Waals surface area contributed by atoms with Crippen LogP contribution < -0.4 is 5.32 Å². The topological polar surface area (TPSA) is 44.9 Å². The summed E-state index contributed by atoms with van der Waals surface area (Å²) in [5, 5.41) is 4.40. The summed E-state index contributed by atoms with van der Waals surface area (Å²) in [6.07, 6.45) is 5.83. The van der Waals surface area contributed by atoms with Gasteiger partial charge in [-0.25, -0.2) is 0 Å².